The Hall–Kier alpha value is -1.56. The van der Waals surface area contributed by atoms with Crippen LogP contribution in [0.15, 0.2) is 11.0 Å². The Morgan fingerprint density at radius 2 is 2.35 bits per heavy atom. The number of hydrogen-bond donors (Lipinski definition) is 1. The molecule has 6 nitrogen and oxygen atoms in total. The molecule has 0 amide bonds. The number of aryl methyl sites for hydroxylation is 1. The first kappa shape index (κ1) is 11.9. The van der Waals surface area contributed by atoms with Gasteiger partial charge in [0.2, 0.25) is 0 Å². The van der Waals surface area contributed by atoms with Crippen molar-refractivity contribution in [2.45, 2.75) is 18.9 Å². The molecule has 0 spiro atoms. The number of carboxylic acids is 1. The first-order chi connectivity index (χ1) is 8.02. The highest BCUT2D eigenvalue weighted by molar-refractivity contribution is 6.33. The number of nitrogens with zero attached hydrogens (tertiary/aromatic N) is 3. The molecule has 0 radical (unpaired) electrons. The van der Waals surface area contributed by atoms with Crippen LogP contribution in [0, 0.1) is 0 Å². The van der Waals surface area contributed by atoms with Crippen LogP contribution in [0.4, 0.5) is 5.69 Å². The Morgan fingerprint density at radius 3 is 3.00 bits per heavy atom. The molecule has 1 N–H and O–H groups in total. The summed E-state index contributed by atoms with van der Waals surface area (Å²) >= 11 is 5.94. The molecule has 1 aliphatic rings. The fourth-order valence-electron chi connectivity index (χ4n) is 2.01. The molecule has 1 saturated heterocycles. The fraction of sp³-hybridized carbons (Fsp3) is 0.500. The average Bonchev–Trinajstić information content (AvgIpc) is 2.75. The van der Waals surface area contributed by atoms with E-state index >= 15 is 0 Å². The predicted octanol–water partition coefficient (Wildman–Crippen LogP) is 0.487. The van der Waals surface area contributed by atoms with E-state index < -0.39 is 17.6 Å². The van der Waals surface area contributed by atoms with Crippen molar-refractivity contribution in [1.82, 2.24) is 9.78 Å². The van der Waals surface area contributed by atoms with E-state index in [1.165, 1.54) is 13.2 Å². The number of halogens is 1. The molecule has 0 bridgehead atoms. The van der Waals surface area contributed by atoms with E-state index in [1.807, 2.05) is 0 Å². The zero-order valence-corrected chi connectivity index (χ0v) is 10.0. The highest BCUT2D eigenvalue weighted by atomic mass is 35.5. The number of aromatic nitrogens is 2. The predicted molar refractivity (Wildman–Crippen MR) is 62.5 cm³/mol. The van der Waals surface area contributed by atoms with Gasteiger partial charge in [0.05, 0.1) is 11.9 Å². The van der Waals surface area contributed by atoms with Crippen LogP contribution in [0.2, 0.25) is 5.02 Å². The van der Waals surface area contributed by atoms with E-state index in [1.54, 1.807) is 4.90 Å². The van der Waals surface area contributed by atoms with Gasteiger partial charge in [0, 0.05) is 13.6 Å². The molecule has 2 heterocycles. The lowest BCUT2D eigenvalue weighted by Gasteiger charge is -2.23. The van der Waals surface area contributed by atoms with Crippen molar-refractivity contribution in [3.05, 3.63) is 21.6 Å². The first-order valence-corrected chi connectivity index (χ1v) is 5.61. The number of aliphatic carboxylic acids is 1. The van der Waals surface area contributed by atoms with Crippen molar-refractivity contribution in [3.63, 3.8) is 0 Å². The molecule has 1 fully saturated rings. The van der Waals surface area contributed by atoms with Crippen molar-refractivity contribution in [2.75, 3.05) is 11.4 Å². The standard InChI is InChI=1S/C10H12ClN3O3/c1-13-9(15)8(11)7(5-12-13)14-4-2-3-6(14)10(16)17/h5-6H,2-4H2,1H3,(H,16,17)/t6-/m0/s1. The molecule has 2 rings (SSSR count). The van der Waals surface area contributed by atoms with Crippen LogP contribution in [0.1, 0.15) is 12.8 Å². The second kappa shape index (κ2) is 4.37. The third kappa shape index (κ3) is 2.00. The van der Waals surface area contributed by atoms with E-state index in [9.17, 15) is 9.59 Å². The Bertz CT molecular complexity index is 514. The summed E-state index contributed by atoms with van der Waals surface area (Å²) < 4.78 is 1.12. The Balaban J connectivity index is 2.44. The van der Waals surface area contributed by atoms with E-state index in [0.29, 0.717) is 18.7 Å². The smallest absolute Gasteiger partial charge is 0.326 e. The lowest BCUT2D eigenvalue weighted by atomic mass is 10.2. The van der Waals surface area contributed by atoms with Gasteiger partial charge in [0.1, 0.15) is 11.1 Å². The Labute approximate surface area is 102 Å². The molecule has 92 valence electrons. The highest BCUT2D eigenvalue weighted by Gasteiger charge is 2.32. The van der Waals surface area contributed by atoms with E-state index in [0.717, 1.165) is 11.1 Å². The van der Waals surface area contributed by atoms with Crippen LogP contribution in [-0.4, -0.2) is 33.4 Å². The quantitative estimate of drug-likeness (QED) is 0.834. The van der Waals surface area contributed by atoms with Crippen molar-refractivity contribution < 1.29 is 9.90 Å². The average molecular weight is 258 g/mol. The Kier molecular flexibility index (Phi) is 3.06. The minimum absolute atomic E-state index is 0.0238. The number of carboxylic acid groups (broad SMARTS) is 1. The van der Waals surface area contributed by atoms with Crippen molar-refractivity contribution in [3.8, 4) is 0 Å². The van der Waals surface area contributed by atoms with Gasteiger partial charge < -0.3 is 10.0 Å². The summed E-state index contributed by atoms with van der Waals surface area (Å²) in [5, 5.41) is 13.0. The second-order valence-electron chi connectivity index (χ2n) is 3.96. The first-order valence-electron chi connectivity index (χ1n) is 5.23. The zero-order valence-electron chi connectivity index (χ0n) is 9.26. The lowest BCUT2D eigenvalue weighted by Crippen LogP contribution is -2.37. The van der Waals surface area contributed by atoms with Gasteiger partial charge in [-0.2, -0.15) is 5.10 Å². The van der Waals surface area contributed by atoms with Gasteiger partial charge in [-0.15, -0.1) is 0 Å². The highest BCUT2D eigenvalue weighted by Crippen LogP contribution is 2.28. The summed E-state index contributed by atoms with van der Waals surface area (Å²) in [6, 6.07) is -0.624. The molecule has 1 atom stereocenters. The summed E-state index contributed by atoms with van der Waals surface area (Å²) in [5.74, 6) is -0.903. The minimum atomic E-state index is -0.903. The molecule has 0 saturated carbocycles. The van der Waals surface area contributed by atoms with Gasteiger partial charge in [-0.05, 0) is 12.8 Å². The molecule has 1 aliphatic heterocycles. The summed E-state index contributed by atoms with van der Waals surface area (Å²) in [6.45, 7) is 0.575. The summed E-state index contributed by atoms with van der Waals surface area (Å²) in [4.78, 5) is 24.3. The van der Waals surface area contributed by atoms with E-state index in [4.69, 9.17) is 16.7 Å². The second-order valence-corrected chi connectivity index (χ2v) is 4.34. The topological polar surface area (TPSA) is 75.4 Å². The molecule has 0 aromatic carbocycles. The number of hydrogen-bond acceptors (Lipinski definition) is 4. The van der Waals surface area contributed by atoms with Gasteiger partial charge >= 0.3 is 5.97 Å². The normalized spacial score (nSPS) is 19.6. The lowest BCUT2D eigenvalue weighted by molar-refractivity contribution is -0.138. The molecular formula is C10H12ClN3O3. The summed E-state index contributed by atoms with van der Waals surface area (Å²) in [7, 11) is 1.50. The number of carbonyl (C=O) groups is 1. The summed E-state index contributed by atoms with van der Waals surface area (Å²) in [6.07, 6.45) is 2.76. The molecule has 0 aliphatic carbocycles. The molecular weight excluding hydrogens is 246 g/mol. The maximum Gasteiger partial charge on any atom is 0.326 e. The molecule has 7 heteroatoms. The van der Waals surface area contributed by atoms with E-state index in [2.05, 4.69) is 5.10 Å². The van der Waals surface area contributed by atoms with Crippen LogP contribution >= 0.6 is 11.6 Å². The zero-order chi connectivity index (χ0) is 12.6. The molecule has 17 heavy (non-hydrogen) atoms. The van der Waals surface area contributed by atoms with Gasteiger partial charge in [-0.1, -0.05) is 11.6 Å². The Morgan fingerprint density at radius 1 is 1.65 bits per heavy atom. The van der Waals surface area contributed by atoms with Crippen LogP contribution < -0.4 is 10.5 Å². The maximum absolute atomic E-state index is 11.6. The maximum atomic E-state index is 11.6. The van der Waals surface area contributed by atoms with Gasteiger partial charge in [0.15, 0.2) is 0 Å². The molecule has 1 aromatic rings. The van der Waals surface area contributed by atoms with Crippen LogP contribution in [0.25, 0.3) is 0 Å². The third-order valence-electron chi connectivity index (χ3n) is 2.91. The van der Waals surface area contributed by atoms with Crippen molar-refractivity contribution >= 4 is 23.3 Å². The summed E-state index contributed by atoms with van der Waals surface area (Å²) in [5.41, 5.74) is -0.0140. The van der Waals surface area contributed by atoms with Gasteiger partial charge in [0.25, 0.3) is 5.56 Å². The van der Waals surface area contributed by atoms with Crippen LogP contribution in [-0.2, 0) is 11.8 Å². The fourth-order valence-corrected chi connectivity index (χ4v) is 2.29. The molecule has 0 unspecified atom stereocenters. The third-order valence-corrected chi connectivity index (χ3v) is 3.26. The SMILES string of the molecule is Cn1ncc(N2CCC[C@H]2C(=O)O)c(Cl)c1=O. The van der Waals surface area contributed by atoms with Crippen molar-refractivity contribution in [2.24, 2.45) is 7.05 Å². The van der Waals surface area contributed by atoms with E-state index in [-0.39, 0.29) is 5.02 Å². The van der Waals surface area contributed by atoms with Gasteiger partial charge in [-0.25, -0.2) is 9.48 Å². The number of anilines is 1. The monoisotopic (exact) mass is 257 g/mol. The van der Waals surface area contributed by atoms with Crippen molar-refractivity contribution in [1.29, 1.82) is 0 Å². The molecule has 1 aromatic heterocycles. The minimum Gasteiger partial charge on any atom is -0.480 e. The largest absolute Gasteiger partial charge is 0.480 e. The van der Waals surface area contributed by atoms with Gasteiger partial charge in [-0.3, -0.25) is 4.79 Å². The van der Waals surface area contributed by atoms with Crippen LogP contribution in [0.3, 0.4) is 0 Å². The number of rotatable bonds is 2. The van der Waals surface area contributed by atoms with Crippen LogP contribution in [0.5, 0.6) is 0 Å².